The summed E-state index contributed by atoms with van der Waals surface area (Å²) in [7, 11) is 1.96. The van der Waals surface area contributed by atoms with Gasteiger partial charge in [0, 0.05) is 9.35 Å². The van der Waals surface area contributed by atoms with E-state index in [0.717, 1.165) is 9.50 Å². The maximum atomic E-state index is 6.16. The van der Waals surface area contributed by atoms with Crippen LogP contribution < -0.4 is 5.32 Å². The van der Waals surface area contributed by atoms with Crippen LogP contribution in [0.25, 0.3) is 0 Å². The smallest absolute Gasteiger partial charge is 0.0731 e. The molecule has 0 fully saturated rings. The molecule has 1 aromatic heterocycles. The predicted octanol–water partition coefficient (Wildman–Crippen LogP) is 5.54. The van der Waals surface area contributed by atoms with E-state index < -0.39 is 0 Å². The Morgan fingerprint density at radius 2 is 2.00 bits per heavy atom. The standard InChI is InChI=1S/C13H12Br2ClNS/c1-7-5-11(18-13(7)15)12(17-2)8-3-4-9(14)10(16)6-8/h3-6,12,17H,1-2H3. The van der Waals surface area contributed by atoms with Gasteiger partial charge in [-0.25, -0.2) is 0 Å². The molecule has 1 heterocycles. The zero-order valence-corrected chi connectivity index (χ0v) is 14.7. The summed E-state index contributed by atoms with van der Waals surface area (Å²) in [5.74, 6) is 0. The minimum absolute atomic E-state index is 0.172. The molecule has 96 valence electrons. The topological polar surface area (TPSA) is 12.0 Å². The molecule has 0 saturated heterocycles. The molecule has 0 aliphatic rings. The normalized spacial score (nSPS) is 12.7. The first-order chi connectivity index (χ1) is 8.52. The number of nitrogens with one attached hydrogen (secondary N) is 1. The molecular weight excluding hydrogens is 397 g/mol. The van der Waals surface area contributed by atoms with Gasteiger partial charge in [-0.05, 0) is 75.2 Å². The van der Waals surface area contributed by atoms with Crippen molar-refractivity contribution in [2.75, 3.05) is 7.05 Å². The molecule has 0 bridgehead atoms. The van der Waals surface area contributed by atoms with Crippen molar-refractivity contribution < 1.29 is 0 Å². The van der Waals surface area contributed by atoms with E-state index in [-0.39, 0.29) is 6.04 Å². The van der Waals surface area contributed by atoms with Gasteiger partial charge in [-0.3, -0.25) is 0 Å². The van der Waals surface area contributed by atoms with Gasteiger partial charge >= 0.3 is 0 Å². The second kappa shape index (κ2) is 6.06. The van der Waals surface area contributed by atoms with Crippen molar-refractivity contribution in [1.29, 1.82) is 0 Å². The second-order valence-corrected chi connectivity index (χ2v) is 7.66. The van der Waals surface area contributed by atoms with Crippen molar-refractivity contribution in [1.82, 2.24) is 5.32 Å². The molecule has 1 unspecified atom stereocenters. The van der Waals surface area contributed by atoms with Crippen LogP contribution in [0.3, 0.4) is 0 Å². The maximum absolute atomic E-state index is 6.16. The predicted molar refractivity (Wildman–Crippen MR) is 86.8 cm³/mol. The molecule has 1 atom stereocenters. The molecule has 5 heteroatoms. The second-order valence-electron chi connectivity index (χ2n) is 4.00. The van der Waals surface area contributed by atoms with E-state index in [9.17, 15) is 0 Å². The zero-order chi connectivity index (χ0) is 13.3. The van der Waals surface area contributed by atoms with Crippen LogP contribution in [0.15, 0.2) is 32.5 Å². The highest BCUT2D eigenvalue weighted by Crippen LogP contribution is 2.35. The van der Waals surface area contributed by atoms with Gasteiger partial charge in [0.05, 0.1) is 14.9 Å². The molecule has 2 rings (SSSR count). The molecule has 0 radical (unpaired) electrons. The van der Waals surface area contributed by atoms with Gasteiger partial charge in [-0.2, -0.15) is 0 Å². The van der Waals surface area contributed by atoms with Crippen LogP contribution in [0.2, 0.25) is 5.02 Å². The molecule has 0 aliphatic heterocycles. The van der Waals surface area contributed by atoms with Crippen molar-refractivity contribution in [2.24, 2.45) is 0 Å². The third-order valence-corrected chi connectivity index (χ3v) is 6.16. The molecule has 2 aromatic rings. The largest absolute Gasteiger partial charge is 0.309 e. The summed E-state index contributed by atoms with van der Waals surface area (Å²) in [4.78, 5) is 1.28. The number of rotatable bonds is 3. The van der Waals surface area contributed by atoms with Gasteiger partial charge in [0.25, 0.3) is 0 Å². The molecule has 0 aliphatic carbocycles. The van der Waals surface area contributed by atoms with Crippen LogP contribution in [0, 0.1) is 6.92 Å². The van der Waals surface area contributed by atoms with Crippen LogP contribution in [-0.4, -0.2) is 7.05 Å². The van der Waals surface area contributed by atoms with Crippen molar-refractivity contribution in [3.63, 3.8) is 0 Å². The minimum Gasteiger partial charge on any atom is -0.309 e. The Bertz CT molecular complexity index is 549. The van der Waals surface area contributed by atoms with Crippen LogP contribution >= 0.6 is 54.8 Å². The molecule has 1 N–H and O–H groups in total. The number of halogens is 3. The van der Waals surface area contributed by atoms with Gasteiger partial charge in [-0.15, -0.1) is 11.3 Å². The van der Waals surface area contributed by atoms with E-state index in [1.54, 1.807) is 11.3 Å². The van der Waals surface area contributed by atoms with Crippen LogP contribution in [-0.2, 0) is 0 Å². The lowest BCUT2D eigenvalue weighted by Crippen LogP contribution is -2.16. The summed E-state index contributed by atoms with van der Waals surface area (Å²) in [6.45, 7) is 2.10. The Balaban J connectivity index is 2.41. The van der Waals surface area contributed by atoms with E-state index in [1.807, 2.05) is 19.2 Å². The summed E-state index contributed by atoms with van der Waals surface area (Å²) < 4.78 is 2.10. The summed E-state index contributed by atoms with van der Waals surface area (Å²) in [5, 5.41) is 4.07. The fourth-order valence-corrected chi connectivity index (χ4v) is 3.94. The van der Waals surface area contributed by atoms with Gasteiger partial charge in [0.2, 0.25) is 0 Å². The highest BCUT2D eigenvalue weighted by Gasteiger charge is 2.16. The van der Waals surface area contributed by atoms with Gasteiger partial charge < -0.3 is 5.32 Å². The van der Waals surface area contributed by atoms with E-state index in [2.05, 4.69) is 56.2 Å². The Labute approximate surface area is 133 Å². The molecule has 0 spiro atoms. The maximum Gasteiger partial charge on any atom is 0.0731 e. The highest BCUT2D eigenvalue weighted by atomic mass is 79.9. The summed E-state index contributed by atoms with van der Waals surface area (Å²) in [5.41, 5.74) is 2.43. The number of hydrogen-bond acceptors (Lipinski definition) is 2. The number of aryl methyl sites for hydroxylation is 1. The van der Waals surface area contributed by atoms with Crippen molar-refractivity contribution >= 4 is 54.8 Å². The third kappa shape index (κ3) is 2.99. The molecule has 0 amide bonds. The number of benzene rings is 1. The van der Waals surface area contributed by atoms with Gasteiger partial charge in [0.15, 0.2) is 0 Å². The monoisotopic (exact) mass is 407 g/mol. The zero-order valence-electron chi connectivity index (χ0n) is 9.93. The molecule has 18 heavy (non-hydrogen) atoms. The van der Waals surface area contributed by atoms with Gasteiger partial charge in [-0.1, -0.05) is 17.7 Å². The number of thiophene rings is 1. The van der Waals surface area contributed by atoms with Crippen molar-refractivity contribution in [2.45, 2.75) is 13.0 Å². The Morgan fingerprint density at radius 3 is 2.50 bits per heavy atom. The first-order valence-electron chi connectivity index (χ1n) is 5.41. The number of hydrogen-bond donors (Lipinski definition) is 1. The third-order valence-electron chi connectivity index (χ3n) is 2.73. The molecule has 1 nitrogen and oxygen atoms in total. The lowest BCUT2D eigenvalue weighted by atomic mass is 10.1. The van der Waals surface area contributed by atoms with E-state index in [0.29, 0.717) is 0 Å². The van der Waals surface area contributed by atoms with Crippen molar-refractivity contribution in [3.05, 3.63) is 53.6 Å². The molecule has 0 saturated carbocycles. The lowest BCUT2D eigenvalue weighted by Gasteiger charge is -2.15. The van der Waals surface area contributed by atoms with E-state index in [1.165, 1.54) is 19.8 Å². The minimum atomic E-state index is 0.172. The quantitative estimate of drug-likeness (QED) is 0.701. The average Bonchev–Trinajstić information content (AvgIpc) is 2.65. The Kier molecular flexibility index (Phi) is 4.89. The summed E-state index contributed by atoms with van der Waals surface area (Å²) in [6.07, 6.45) is 0. The van der Waals surface area contributed by atoms with Crippen LogP contribution in [0.5, 0.6) is 0 Å². The lowest BCUT2D eigenvalue weighted by molar-refractivity contribution is 0.703. The molecular formula is C13H12Br2ClNS. The Morgan fingerprint density at radius 1 is 1.28 bits per heavy atom. The fourth-order valence-electron chi connectivity index (χ4n) is 1.79. The van der Waals surface area contributed by atoms with Crippen LogP contribution in [0.1, 0.15) is 22.0 Å². The average molecular weight is 410 g/mol. The summed E-state index contributed by atoms with van der Waals surface area (Å²) >= 11 is 14.9. The van der Waals surface area contributed by atoms with E-state index in [4.69, 9.17) is 11.6 Å². The first-order valence-corrected chi connectivity index (χ1v) is 8.19. The van der Waals surface area contributed by atoms with Crippen molar-refractivity contribution in [3.8, 4) is 0 Å². The highest BCUT2D eigenvalue weighted by molar-refractivity contribution is 9.11. The van der Waals surface area contributed by atoms with E-state index >= 15 is 0 Å². The SMILES string of the molecule is CNC(c1ccc(Br)c(Cl)c1)c1cc(C)c(Br)s1. The van der Waals surface area contributed by atoms with Crippen LogP contribution in [0.4, 0.5) is 0 Å². The molecule has 1 aromatic carbocycles. The summed E-state index contributed by atoms with van der Waals surface area (Å²) in [6, 6.07) is 8.43. The fraction of sp³-hybridized carbons (Fsp3) is 0.231. The van der Waals surface area contributed by atoms with Gasteiger partial charge in [0.1, 0.15) is 0 Å². The first kappa shape index (κ1) is 14.5. The Hall–Kier alpha value is 0.130.